The van der Waals surface area contributed by atoms with Crippen molar-refractivity contribution in [1.82, 2.24) is 0 Å². The Labute approximate surface area is 599 Å². The van der Waals surface area contributed by atoms with Crippen molar-refractivity contribution in [3.05, 3.63) is 117 Å². The average molecular weight is 1380 g/mol. The SMILES string of the molecule is CCCCCCCCc1cccc(OP(=O)(Oc2cccc(CCCCCCCC)c2CCCCCCCC)OP(=O)(Oc2cccc(CCCCCCCC)c2CCCCCCCC)Oc2cccc(CCCCCCCC)c2CCCCCCCC)c1CCCCCCCC. The molecule has 0 atom stereocenters. The summed E-state index contributed by atoms with van der Waals surface area (Å²) in [5.41, 5.74) is 8.96. The number of aryl methyl sites for hydroxylation is 4. The number of hydrogen-bond donors (Lipinski definition) is 0. The molecule has 0 N–H and O–H groups in total. The number of phosphoric ester groups is 2. The Morgan fingerprint density at radius 1 is 0.206 bits per heavy atom. The van der Waals surface area contributed by atoms with Gasteiger partial charge >= 0.3 is 15.6 Å². The molecule has 0 radical (unpaired) electrons. The highest BCUT2D eigenvalue weighted by atomic mass is 31.3. The Hall–Kier alpha value is -3.50. The maximum absolute atomic E-state index is 17.3. The van der Waals surface area contributed by atoms with Crippen molar-refractivity contribution in [2.75, 3.05) is 0 Å². The molecule has 0 unspecified atom stereocenters. The second-order valence-electron chi connectivity index (χ2n) is 29.1. The molecule has 0 saturated heterocycles. The molecule has 0 fully saturated rings. The van der Waals surface area contributed by atoms with Crippen molar-refractivity contribution in [1.29, 1.82) is 0 Å². The van der Waals surface area contributed by atoms with E-state index in [9.17, 15) is 0 Å². The van der Waals surface area contributed by atoms with Crippen LogP contribution in [0.25, 0.3) is 0 Å². The molecule has 4 aromatic rings. The highest BCUT2D eigenvalue weighted by molar-refractivity contribution is 7.63. The van der Waals surface area contributed by atoms with Crippen LogP contribution in [0.5, 0.6) is 23.0 Å². The monoisotopic (exact) mass is 1380 g/mol. The van der Waals surface area contributed by atoms with Crippen molar-refractivity contribution in [2.24, 2.45) is 0 Å². The van der Waals surface area contributed by atoms with Gasteiger partial charge in [0, 0.05) is 0 Å². The maximum atomic E-state index is 17.3. The minimum absolute atomic E-state index is 0.460. The topological polar surface area (TPSA) is 80.3 Å². The van der Waals surface area contributed by atoms with E-state index in [1.807, 2.05) is 48.5 Å². The normalized spacial score (nSPS) is 11.9. The summed E-state index contributed by atoms with van der Waals surface area (Å²) < 4.78 is 70.5. The first-order valence-electron chi connectivity index (χ1n) is 41.7. The van der Waals surface area contributed by atoms with Crippen molar-refractivity contribution >= 4 is 15.6 Å². The average Bonchev–Trinajstić information content (AvgIpc) is 0.783. The van der Waals surface area contributed by atoms with Crippen molar-refractivity contribution in [3.8, 4) is 23.0 Å². The molecule has 0 spiro atoms. The van der Waals surface area contributed by atoms with Gasteiger partial charge in [-0.05, 0) is 172 Å². The standard InChI is InChI=1S/C88H148O7P2/c1-9-17-25-33-41-49-61-77-65-57-73-85(81(77)69-53-45-37-29-21-13-5)91-96(89,92-86-74-58-66-78(62-50-42-34-26-18-10-2)82(86)70-54-46-38-30-22-14-6)95-97(90,93-87-75-59-67-79(63-51-43-35-27-19-11-3)83(87)71-55-47-39-31-23-15-7)94-88-76-60-68-80(64-52-44-36-28-20-12-4)84(88)72-56-48-40-32-24-16-8/h57-60,65-68,73-76H,9-56,61-64,69-72H2,1-8H3. The lowest BCUT2D eigenvalue weighted by atomic mass is 9.95. The second-order valence-corrected chi connectivity index (χ2v) is 32.2. The first-order valence-corrected chi connectivity index (χ1v) is 44.7. The van der Waals surface area contributed by atoms with Crippen molar-refractivity contribution < 1.29 is 31.5 Å². The lowest BCUT2D eigenvalue weighted by Crippen LogP contribution is -2.14. The molecule has 0 aliphatic carbocycles. The largest absolute Gasteiger partial charge is 0.598 e. The predicted octanol–water partition coefficient (Wildman–Crippen LogP) is 30.8. The third kappa shape index (κ3) is 37.3. The highest BCUT2D eigenvalue weighted by Gasteiger charge is 2.48. The number of phosphoric acid groups is 2. The van der Waals surface area contributed by atoms with Crippen molar-refractivity contribution in [2.45, 2.75) is 415 Å². The fraction of sp³-hybridized carbons (Fsp3) is 0.727. The van der Waals surface area contributed by atoms with Crippen LogP contribution >= 0.6 is 15.6 Å². The van der Waals surface area contributed by atoms with Gasteiger partial charge in [-0.3, -0.25) is 0 Å². The molecule has 4 aromatic carbocycles. The van der Waals surface area contributed by atoms with Gasteiger partial charge in [0.2, 0.25) is 0 Å². The number of benzene rings is 4. The summed E-state index contributed by atoms with van der Waals surface area (Å²) in [4.78, 5) is 0. The summed E-state index contributed by atoms with van der Waals surface area (Å²) >= 11 is 0. The van der Waals surface area contributed by atoms with Crippen LogP contribution in [0.15, 0.2) is 72.8 Å². The zero-order valence-electron chi connectivity index (χ0n) is 64.3. The Kier molecular flexibility index (Phi) is 49.7. The van der Waals surface area contributed by atoms with E-state index in [4.69, 9.17) is 22.4 Å². The van der Waals surface area contributed by atoms with Gasteiger partial charge in [-0.2, -0.15) is 0 Å². The summed E-state index contributed by atoms with van der Waals surface area (Å²) in [6, 6.07) is 24.9. The van der Waals surface area contributed by atoms with Gasteiger partial charge in [0.1, 0.15) is 23.0 Å². The molecule has 97 heavy (non-hydrogen) atoms. The molecular formula is C88H148O7P2. The molecular weight excluding hydrogens is 1230 g/mol. The van der Waals surface area contributed by atoms with E-state index >= 15 is 9.13 Å². The van der Waals surface area contributed by atoms with Gasteiger partial charge in [-0.15, -0.1) is 4.31 Å². The molecule has 0 saturated carbocycles. The van der Waals surface area contributed by atoms with Crippen LogP contribution in [0.3, 0.4) is 0 Å². The molecule has 0 bridgehead atoms. The summed E-state index contributed by atoms with van der Waals surface area (Å²) in [6.07, 6.45) is 62.8. The van der Waals surface area contributed by atoms with Gasteiger partial charge in [0.05, 0.1) is 0 Å². The van der Waals surface area contributed by atoms with Gasteiger partial charge in [-0.25, -0.2) is 9.13 Å². The molecule has 0 aromatic heterocycles. The summed E-state index contributed by atoms with van der Waals surface area (Å²) in [5, 5.41) is 0. The smallest absolute Gasteiger partial charge is 0.394 e. The minimum Gasteiger partial charge on any atom is -0.394 e. The van der Waals surface area contributed by atoms with E-state index in [2.05, 4.69) is 79.7 Å². The van der Waals surface area contributed by atoms with E-state index < -0.39 is 15.6 Å². The zero-order valence-corrected chi connectivity index (χ0v) is 66.1. The summed E-state index contributed by atoms with van der Waals surface area (Å²) in [6.45, 7) is 18.2. The highest BCUT2D eigenvalue weighted by Crippen LogP contribution is 2.66. The summed E-state index contributed by atoms with van der Waals surface area (Å²) in [5.74, 6) is 1.84. The van der Waals surface area contributed by atoms with Crippen LogP contribution < -0.4 is 18.1 Å². The van der Waals surface area contributed by atoms with Gasteiger partial charge < -0.3 is 18.1 Å². The van der Waals surface area contributed by atoms with Crippen LogP contribution in [-0.4, -0.2) is 0 Å². The number of unbranched alkanes of at least 4 members (excludes halogenated alkanes) is 40. The van der Waals surface area contributed by atoms with E-state index in [0.717, 1.165) is 176 Å². The van der Waals surface area contributed by atoms with Crippen LogP contribution in [0, 0.1) is 0 Å². The molecule has 9 heteroatoms. The van der Waals surface area contributed by atoms with Gasteiger partial charge in [0.15, 0.2) is 0 Å². The maximum Gasteiger partial charge on any atom is 0.598 e. The number of hydrogen-bond acceptors (Lipinski definition) is 7. The third-order valence-electron chi connectivity index (χ3n) is 20.3. The third-order valence-corrected chi connectivity index (χ3v) is 23.6. The van der Waals surface area contributed by atoms with Gasteiger partial charge in [0.25, 0.3) is 0 Å². The lowest BCUT2D eigenvalue weighted by Gasteiger charge is -2.28. The minimum atomic E-state index is -5.05. The molecule has 552 valence electrons. The van der Waals surface area contributed by atoms with E-state index in [1.165, 1.54) is 228 Å². The quantitative estimate of drug-likeness (QED) is 0.0322. The van der Waals surface area contributed by atoms with E-state index in [0.29, 0.717) is 23.0 Å². The molecule has 7 nitrogen and oxygen atoms in total. The molecule has 0 aliphatic heterocycles. The Balaban J connectivity index is 2.06. The van der Waals surface area contributed by atoms with Gasteiger partial charge in [-0.1, -0.05) is 361 Å². The van der Waals surface area contributed by atoms with Crippen LogP contribution in [0.4, 0.5) is 0 Å². The van der Waals surface area contributed by atoms with Crippen molar-refractivity contribution in [3.63, 3.8) is 0 Å². The zero-order chi connectivity index (χ0) is 69.5. The van der Waals surface area contributed by atoms with E-state index in [1.54, 1.807) is 0 Å². The van der Waals surface area contributed by atoms with Crippen LogP contribution in [0.1, 0.15) is 408 Å². The Bertz CT molecular complexity index is 2310. The molecule has 0 heterocycles. The molecule has 0 amide bonds. The predicted molar refractivity (Wildman–Crippen MR) is 421 cm³/mol. The Morgan fingerprint density at radius 3 is 0.536 bits per heavy atom. The fourth-order valence-electron chi connectivity index (χ4n) is 14.3. The molecule has 4 rings (SSSR count). The summed E-state index contributed by atoms with van der Waals surface area (Å²) in [7, 11) is -10.1. The van der Waals surface area contributed by atoms with E-state index in [-0.39, 0.29) is 0 Å². The first-order chi connectivity index (χ1) is 47.6. The lowest BCUT2D eigenvalue weighted by molar-refractivity contribution is 0.241. The fourth-order valence-corrected chi connectivity index (χ4v) is 17.5. The second kappa shape index (κ2) is 56.1. The first kappa shape index (κ1) is 85.9. The number of rotatable bonds is 66. The molecule has 0 aliphatic rings. The van der Waals surface area contributed by atoms with Crippen LogP contribution in [0.2, 0.25) is 0 Å². The Morgan fingerprint density at radius 2 is 0.361 bits per heavy atom. The van der Waals surface area contributed by atoms with Crippen LogP contribution in [-0.2, 0) is 64.8 Å².